The standard InChI is InChI=1S/C13H17FN2O/c14-11-5-3-10(4-6-11)13(9-1-2-9)16-8-7-12(15)17/h3-6,9,13,16H,1-2,7-8H2,(H2,15,17). The Bertz CT molecular complexity index is 387. The fourth-order valence-corrected chi connectivity index (χ4v) is 2.01. The summed E-state index contributed by atoms with van der Waals surface area (Å²) >= 11 is 0. The molecule has 3 N–H and O–H groups in total. The zero-order valence-electron chi connectivity index (χ0n) is 9.66. The van der Waals surface area contributed by atoms with E-state index in [-0.39, 0.29) is 17.8 Å². The maximum Gasteiger partial charge on any atom is 0.218 e. The van der Waals surface area contributed by atoms with E-state index < -0.39 is 0 Å². The van der Waals surface area contributed by atoms with Crippen molar-refractivity contribution < 1.29 is 9.18 Å². The van der Waals surface area contributed by atoms with Gasteiger partial charge in [0.1, 0.15) is 5.82 Å². The average molecular weight is 236 g/mol. The maximum atomic E-state index is 12.8. The Morgan fingerprint density at radius 1 is 1.41 bits per heavy atom. The lowest BCUT2D eigenvalue weighted by atomic mass is 10.0. The molecule has 0 heterocycles. The number of hydrogen-bond acceptors (Lipinski definition) is 2. The van der Waals surface area contributed by atoms with Gasteiger partial charge in [-0.25, -0.2) is 4.39 Å². The van der Waals surface area contributed by atoms with Gasteiger partial charge in [0.25, 0.3) is 0 Å². The quantitative estimate of drug-likeness (QED) is 0.790. The Balaban J connectivity index is 1.97. The number of nitrogens with two attached hydrogens (primary N) is 1. The number of halogens is 1. The van der Waals surface area contributed by atoms with E-state index in [1.165, 1.54) is 25.0 Å². The molecule has 0 aromatic heterocycles. The highest BCUT2D eigenvalue weighted by atomic mass is 19.1. The SMILES string of the molecule is NC(=O)CCNC(c1ccc(F)cc1)C1CC1. The highest BCUT2D eigenvalue weighted by Gasteiger charge is 2.31. The van der Waals surface area contributed by atoms with E-state index in [2.05, 4.69) is 5.32 Å². The number of hydrogen-bond donors (Lipinski definition) is 2. The lowest BCUT2D eigenvalue weighted by molar-refractivity contribution is -0.117. The molecule has 1 atom stereocenters. The monoisotopic (exact) mass is 236 g/mol. The molecular weight excluding hydrogens is 219 g/mol. The van der Waals surface area contributed by atoms with E-state index in [4.69, 9.17) is 5.73 Å². The Morgan fingerprint density at radius 3 is 2.59 bits per heavy atom. The first-order valence-electron chi connectivity index (χ1n) is 5.94. The minimum Gasteiger partial charge on any atom is -0.370 e. The van der Waals surface area contributed by atoms with Crippen LogP contribution >= 0.6 is 0 Å². The van der Waals surface area contributed by atoms with Crippen LogP contribution in [0.15, 0.2) is 24.3 Å². The van der Waals surface area contributed by atoms with Gasteiger partial charge in [0.15, 0.2) is 0 Å². The number of amides is 1. The lowest BCUT2D eigenvalue weighted by Crippen LogP contribution is -2.27. The molecule has 0 bridgehead atoms. The van der Waals surface area contributed by atoms with E-state index in [0.29, 0.717) is 18.9 Å². The van der Waals surface area contributed by atoms with Crippen molar-refractivity contribution in [3.8, 4) is 0 Å². The van der Waals surface area contributed by atoms with E-state index in [9.17, 15) is 9.18 Å². The molecule has 17 heavy (non-hydrogen) atoms. The molecule has 0 aliphatic heterocycles. The number of nitrogens with one attached hydrogen (secondary N) is 1. The maximum absolute atomic E-state index is 12.8. The van der Waals surface area contributed by atoms with Crippen LogP contribution in [0.5, 0.6) is 0 Å². The van der Waals surface area contributed by atoms with Gasteiger partial charge in [-0.2, -0.15) is 0 Å². The van der Waals surface area contributed by atoms with Crippen molar-refractivity contribution in [1.82, 2.24) is 5.32 Å². The summed E-state index contributed by atoms with van der Waals surface area (Å²) < 4.78 is 12.8. The summed E-state index contributed by atoms with van der Waals surface area (Å²) in [7, 11) is 0. The van der Waals surface area contributed by atoms with Gasteiger partial charge in [-0.3, -0.25) is 4.79 Å². The second-order valence-electron chi connectivity index (χ2n) is 4.54. The zero-order chi connectivity index (χ0) is 12.3. The molecule has 1 aliphatic carbocycles. The van der Waals surface area contributed by atoms with Crippen molar-refractivity contribution in [2.24, 2.45) is 11.7 Å². The fourth-order valence-electron chi connectivity index (χ4n) is 2.01. The lowest BCUT2D eigenvalue weighted by Gasteiger charge is -2.18. The molecule has 2 rings (SSSR count). The minimum absolute atomic E-state index is 0.218. The van der Waals surface area contributed by atoms with Crippen LogP contribution < -0.4 is 11.1 Å². The Kier molecular flexibility index (Phi) is 3.74. The highest BCUT2D eigenvalue weighted by molar-refractivity contribution is 5.73. The van der Waals surface area contributed by atoms with Crippen molar-refractivity contribution in [2.45, 2.75) is 25.3 Å². The van der Waals surface area contributed by atoms with E-state index in [1.807, 2.05) is 0 Å². The van der Waals surface area contributed by atoms with Crippen LogP contribution in [-0.4, -0.2) is 12.5 Å². The Hall–Kier alpha value is -1.42. The summed E-state index contributed by atoms with van der Waals surface area (Å²) in [4.78, 5) is 10.7. The average Bonchev–Trinajstić information content (AvgIpc) is 3.10. The first-order valence-corrected chi connectivity index (χ1v) is 5.94. The van der Waals surface area contributed by atoms with Crippen molar-refractivity contribution in [2.75, 3.05) is 6.54 Å². The van der Waals surface area contributed by atoms with Gasteiger partial charge in [0, 0.05) is 19.0 Å². The van der Waals surface area contributed by atoms with Crippen molar-refractivity contribution in [3.63, 3.8) is 0 Å². The van der Waals surface area contributed by atoms with Crippen LogP contribution in [0.3, 0.4) is 0 Å². The third-order valence-electron chi connectivity index (χ3n) is 3.06. The van der Waals surface area contributed by atoms with Gasteiger partial charge in [-0.15, -0.1) is 0 Å². The van der Waals surface area contributed by atoms with Gasteiger partial charge >= 0.3 is 0 Å². The summed E-state index contributed by atoms with van der Waals surface area (Å²) in [6.07, 6.45) is 2.71. The first-order chi connectivity index (χ1) is 8.16. The number of carbonyl (C=O) groups excluding carboxylic acids is 1. The van der Waals surface area contributed by atoms with Crippen LogP contribution in [0.4, 0.5) is 4.39 Å². The molecule has 92 valence electrons. The van der Waals surface area contributed by atoms with Gasteiger partial charge in [-0.05, 0) is 36.5 Å². The van der Waals surface area contributed by atoms with Crippen LogP contribution in [0.1, 0.15) is 30.9 Å². The molecule has 1 fully saturated rings. The number of rotatable bonds is 6. The van der Waals surface area contributed by atoms with Crippen LogP contribution in [0.25, 0.3) is 0 Å². The fraction of sp³-hybridized carbons (Fsp3) is 0.462. The van der Waals surface area contributed by atoms with E-state index >= 15 is 0 Å². The number of benzene rings is 1. The molecular formula is C13H17FN2O. The molecule has 1 aromatic rings. The van der Waals surface area contributed by atoms with Gasteiger partial charge in [-0.1, -0.05) is 12.1 Å². The summed E-state index contributed by atoms with van der Waals surface area (Å²) in [6.45, 7) is 0.577. The molecule has 1 aromatic carbocycles. The Morgan fingerprint density at radius 2 is 2.06 bits per heavy atom. The molecule has 1 saturated carbocycles. The largest absolute Gasteiger partial charge is 0.370 e. The van der Waals surface area contributed by atoms with Gasteiger partial charge in [0.2, 0.25) is 5.91 Å². The molecule has 1 amide bonds. The van der Waals surface area contributed by atoms with Crippen molar-refractivity contribution >= 4 is 5.91 Å². The van der Waals surface area contributed by atoms with Gasteiger partial charge < -0.3 is 11.1 Å². The van der Waals surface area contributed by atoms with Gasteiger partial charge in [0.05, 0.1) is 0 Å². The minimum atomic E-state index is -0.300. The Labute approximate surface area is 100 Å². The smallest absolute Gasteiger partial charge is 0.218 e. The number of primary amides is 1. The summed E-state index contributed by atoms with van der Waals surface area (Å²) in [6, 6.07) is 6.77. The zero-order valence-corrected chi connectivity index (χ0v) is 9.66. The molecule has 0 radical (unpaired) electrons. The summed E-state index contributed by atoms with van der Waals surface area (Å²) in [5, 5.41) is 3.33. The first kappa shape index (κ1) is 12.0. The molecule has 1 unspecified atom stereocenters. The van der Waals surface area contributed by atoms with E-state index in [1.54, 1.807) is 12.1 Å². The highest BCUT2D eigenvalue weighted by Crippen LogP contribution is 2.40. The molecule has 1 aliphatic rings. The third kappa shape index (κ3) is 3.53. The second-order valence-corrected chi connectivity index (χ2v) is 4.54. The van der Waals surface area contributed by atoms with Crippen molar-refractivity contribution in [1.29, 1.82) is 0 Å². The molecule has 0 saturated heterocycles. The van der Waals surface area contributed by atoms with Crippen LogP contribution in [0, 0.1) is 11.7 Å². The molecule has 3 nitrogen and oxygen atoms in total. The normalized spacial score (nSPS) is 16.8. The topological polar surface area (TPSA) is 55.1 Å². The van der Waals surface area contributed by atoms with Crippen LogP contribution in [-0.2, 0) is 4.79 Å². The summed E-state index contributed by atoms with van der Waals surface area (Å²) in [5.41, 5.74) is 6.18. The van der Waals surface area contributed by atoms with Crippen molar-refractivity contribution in [3.05, 3.63) is 35.6 Å². The predicted molar refractivity (Wildman–Crippen MR) is 63.7 cm³/mol. The molecule has 0 spiro atoms. The third-order valence-corrected chi connectivity index (χ3v) is 3.06. The predicted octanol–water partition coefficient (Wildman–Crippen LogP) is 1.74. The van der Waals surface area contributed by atoms with E-state index in [0.717, 1.165) is 5.56 Å². The second kappa shape index (κ2) is 5.27. The molecule has 4 heteroatoms. The number of carbonyl (C=O) groups is 1. The van der Waals surface area contributed by atoms with Crippen LogP contribution in [0.2, 0.25) is 0 Å². The summed E-state index contributed by atoms with van der Waals surface area (Å²) in [5.74, 6) is 0.0833.